The highest BCUT2D eigenvalue weighted by atomic mass is 16.4. The van der Waals surface area contributed by atoms with Gasteiger partial charge in [0.15, 0.2) is 0 Å². The van der Waals surface area contributed by atoms with E-state index in [0.717, 1.165) is 22.3 Å². The van der Waals surface area contributed by atoms with Crippen molar-refractivity contribution in [2.24, 2.45) is 0 Å². The fourth-order valence-corrected chi connectivity index (χ4v) is 2.54. The molecule has 2 N–H and O–H groups in total. The maximum Gasteiger partial charge on any atom is 0.328 e. The molecule has 0 aromatic heterocycles. The first-order valence-electron chi connectivity index (χ1n) is 7.03. The van der Waals surface area contributed by atoms with E-state index in [-0.39, 0.29) is 0 Å². The molecule has 0 spiro atoms. The van der Waals surface area contributed by atoms with Crippen LogP contribution in [0, 0.1) is 13.8 Å². The summed E-state index contributed by atoms with van der Waals surface area (Å²) in [6, 6.07) is 15.7. The Morgan fingerprint density at radius 2 is 1.81 bits per heavy atom. The van der Waals surface area contributed by atoms with Gasteiger partial charge in [-0.1, -0.05) is 54.1 Å². The van der Waals surface area contributed by atoms with Crippen LogP contribution in [0.3, 0.4) is 0 Å². The second kappa shape index (κ2) is 6.10. The number of hydrogen-bond acceptors (Lipinski definition) is 2. The minimum absolute atomic E-state index is 0.511. The summed E-state index contributed by atoms with van der Waals surface area (Å²) in [5, 5.41) is 12.9. The molecule has 1 atom stereocenters. The third kappa shape index (κ3) is 3.31. The Morgan fingerprint density at radius 1 is 1.14 bits per heavy atom. The molecule has 3 nitrogen and oxygen atoms in total. The average molecular weight is 283 g/mol. The van der Waals surface area contributed by atoms with Gasteiger partial charge in [0.25, 0.3) is 0 Å². The molecular weight excluding hydrogens is 262 g/mol. The molecular formula is C18H21NO2. The molecule has 0 fully saturated rings. The van der Waals surface area contributed by atoms with Crippen LogP contribution in [0.15, 0.2) is 48.5 Å². The third-order valence-corrected chi connectivity index (χ3v) is 3.84. The largest absolute Gasteiger partial charge is 0.480 e. The second-order valence-corrected chi connectivity index (χ2v) is 5.59. The number of aryl methyl sites for hydroxylation is 2. The van der Waals surface area contributed by atoms with Crippen LogP contribution in [-0.4, -0.2) is 11.1 Å². The van der Waals surface area contributed by atoms with E-state index in [1.54, 1.807) is 6.92 Å². The minimum Gasteiger partial charge on any atom is -0.480 e. The predicted molar refractivity (Wildman–Crippen MR) is 84.2 cm³/mol. The first kappa shape index (κ1) is 15.3. The molecule has 21 heavy (non-hydrogen) atoms. The second-order valence-electron chi connectivity index (χ2n) is 5.59. The van der Waals surface area contributed by atoms with Crippen molar-refractivity contribution in [3.63, 3.8) is 0 Å². The molecule has 2 rings (SSSR count). The maximum absolute atomic E-state index is 11.8. The highest BCUT2D eigenvalue weighted by Crippen LogP contribution is 2.26. The normalized spacial score (nSPS) is 13.7. The van der Waals surface area contributed by atoms with Gasteiger partial charge in [-0.05, 0) is 37.5 Å². The van der Waals surface area contributed by atoms with E-state index in [2.05, 4.69) is 5.32 Å². The van der Waals surface area contributed by atoms with Crippen LogP contribution in [0.5, 0.6) is 0 Å². The monoisotopic (exact) mass is 283 g/mol. The highest BCUT2D eigenvalue weighted by molar-refractivity contribution is 5.80. The van der Waals surface area contributed by atoms with E-state index in [1.807, 2.05) is 62.4 Å². The van der Waals surface area contributed by atoms with E-state index < -0.39 is 11.5 Å². The summed E-state index contributed by atoms with van der Waals surface area (Å²) in [4.78, 5) is 11.8. The van der Waals surface area contributed by atoms with Gasteiger partial charge in [-0.25, -0.2) is 4.79 Å². The van der Waals surface area contributed by atoms with Gasteiger partial charge >= 0.3 is 5.97 Å². The van der Waals surface area contributed by atoms with Gasteiger partial charge in [-0.2, -0.15) is 0 Å². The number of nitrogens with one attached hydrogen (secondary N) is 1. The van der Waals surface area contributed by atoms with Crippen LogP contribution in [0.1, 0.15) is 29.2 Å². The molecule has 0 saturated heterocycles. The fourth-order valence-electron chi connectivity index (χ4n) is 2.54. The topological polar surface area (TPSA) is 49.3 Å². The molecule has 0 radical (unpaired) electrons. The number of benzene rings is 2. The Hall–Kier alpha value is -2.13. The molecule has 110 valence electrons. The number of rotatable bonds is 5. The molecule has 0 saturated carbocycles. The van der Waals surface area contributed by atoms with Crippen molar-refractivity contribution in [2.75, 3.05) is 0 Å². The fraction of sp³-hybridized carbons (Fsp3) is 0.278. The Bertz CT molecular complexity index is 637. The highest BCUT2D eigenvalue weighted by Gasteiger charge is 2.35. The quantitative estimate of drug-likeness (QED) is 0.884. The van der Waals surface area contributed by atoms with Gasteiger partial charge in [0.2, 0.25) is 0 Å². The molecule has 0 aliphatic carbocycles. The zero-order valence-electron chi connectivity index (χ0n) is 12.7. The molecule has 0 bridgehead atoms. The Balaban J connectivity index is 2.30. The van der Waals surface area contributed by atoms with Crippen molar-refractivity contribution in [1.29, 1.82) is 0 Å². The minimum atomic E-state index is -1.10. The summed E-state index contributed by atoms with van der Waals surface area (Å²) in [7, 11) is 0. The SMILES string of the molecule is Cc1ccc(C(C)(NCc2ccccc2)C(=O)O)c(C)c1. The zero-order valence-corrected chi connectivity index (χ0v) is 12.7. The molecule has 0 aliphatic heterocycles. The van der Waals surface area contributed by atoms with Crippen LogP contribution in [0.25, 0.3) is 0 Å². The molecule has 0 heterocycles. The maximum atomic E-state index is 11.8. The van der Waals surface area contributed by atoms with Crippen molar-refractivity contribution in [3.05, 3.63) is 70.8 Å². The number of carboxylic acids is 1. The molecule has 3 heteroatoms. The van der Waals surface area contributed by atoms with Gasteiger partial charge in [0.05, 0.1) is 0 Å². The van der Waals surface area contributed by atoms with Gasteiger partial charge in [-0.15, -0.1) is 0 Å². The lowest BCUT2D eigenvalue weighted by Gasteiger charge is -2.29. The van der Waals surface area contributed by atoms with E-state index in [4.69, 9.17) is 0 Å². The Morgan fingerprint density at radius 3 is 2.38 bits per heavy atom. The zero-order chi connectivity index (χ0) is 15.5. The lowest BCUT2D eigenvalue weighted by atomic mass is 9.87. The van der Waals surface area contributed by atoms with E-state index in [1.165, 1.54) is 0 Å². The van der Waals surface area contributed by atoms with Crippen LogP contribution < -0.4 is 5.32 Å². The van der Waals surface area contributed by atoms with Gasteiger partial charge in [-0.3, -0.25) is 5.32 Å². The number of carbonyl (C=O) groups is 1. The van der Waals surface area contributed by atoms with Crippen LogP contribution >= 0.6 is 0 Å². The lowest BCUT2D eigenvalue weighted by molar-refractivity contribution is -0.144. The van der Waals surface area contributed by atoms with Crippen molar-refractivity contribution >= 4 is 5.97 Å². The van der Waals surface area contributed by atoms with E-state index in [9.17, 15) is 9.90 Å². The molecule has 2 aromatic rings. The van der Waals surface area contributed by atoms with Gasteiger partial charge in [0, 0.05) is 6.54 Å². The summed E-state index contributed by atoms with van der Waals surface area (Å²) in [5.41, 5.74) is 2.88. The third-order valence-electron chi connectivity index (χ3n) is 3.84. The molecule has 0 aliphatic rings. The molecule has 2 aromatic carbocycles. The summed E-state index contributed by atoms with van der Waals surface area (Å²) in [6.07, 6.45) is 0. The van der Waals surface area contributed by atoms with Crippen LogP contribution in [0.4, 0.5) is 0 Å². The van der Waals surface area contributed by atoms with Gasteiger partial charge < -0.3 is 5.11 Å². The standard InChI is InChI=1S/C18H21NO2/c1-13-9-10-16(14(2)11-13)18(3,17(20)21)19-12-15-7-5-4-6-8-15/h4-11,19H,12H2,1-3H3,(H,20,21). The van der Waals surface area contributed by atoms with E-state index >= 15 is 0 Å². The summed E-state index contributed by atoms with van der Waals surface area (Å²) in [6.45, 7) is 6.19. The smallest absolute Gasteiger partial charge is 0.328 e. The van der Waals surface area contributed by atoms with Crippen LogP contribution in [0.2, 0.25) is 0 Å². The summed E-state index contributed by atoms with van der Waals surface area (Å²) in [5.74, 6) is -0.870. The number of hydrogen-bond donors (Lipinski definition) is 2. The lowest BCUT2D eigenvalue weighted by Crippen LogP contribution is -2.46. The Labute approximate surface area is 125 Å². The van der Waals surface area contributed by atoms with Crippen molar-refractivity contribution in [1.82, 2.24) is 5.32 Å². The van der Waals surface area contributed by atoms with Crippen molar-refractivity contribution in [3.8, 4) is 0 Å². The van der Waals surface area contributed by atoms with E-state index in [0.29, 0.717) is 6.54 Å². The summed E-state index contributed by atoms with van der Waals surface area (Å²) >= 11 is 0. The van der Waals surface area contributed by atoms with Crippen molar-refractivity contribution in [2.45, 2.75) is 32.9 Å². The number of aliphatic carboxylic acids is 1. The first-order chi connectivity index (χ1) is 9.93. The van der Waals surface area contributed by atoms with Crippen LogP contribution in [-0.2, 0) is 16.9 Å². The predicted octanol–water partition coefficient (Wildman–Crippen LogP) is 3.39. The molecule has 1 unspecified atom stereocenters. The Kier molecular flexibility index (Phi) is 4.43. The summed E-state index contributed by atoms with van der Waals surface area (Å²) < 4.78 is 0. The van der Waals surface area contributed by atoms with Gasteiger partial charge in [0.1, 0.15) is 5.54 Å². The first-order valence-corrected chi connectivity index (χ1v) is 7.03. The van der Waals surface area contributed by atoms with Crippen molar-refractivity contribution < 1.29 is 9.90 Å². The average Bonchev–Trinajstić information content (AvgIpc) is 2.45. The molecule has 0 amide bonds. The number of carboxylic acid groups (broad SMARTS) is 1.